The van der Waals surface area contributed by atoms with Gasteiger partial charge in [-0.3, -0.25) is 0 Å². The number of rotatable bonds is 18. The minimum atomic E-state index is -0.922. The summed E-state index contributed by atoms with van der Waals surface area (Å²) >= 11 is 0. The molecule has 0 aliphatic rings. The van der Waals surface area contributed by atoms with Gasteiger partial charge in [0.25, 0.3) is 0 Å². The van der Waals surface area contributed by atoms with Crippen LogP contribution in [0.4, 0.5) is 0 Å². The molecule has 200 valence electrons. The van der Waals surface area contributed by atoms with Gasteiger partial charge in [0.05, 0.1) is 0 Å². The van der Waals surface area contributed by atoms with E-state index in [1.165, 1.54) is 19.3 Å². The predicted octanol–water partition coefficient (Wildman–Crippen LogP) is 3.65. The van der Waals surface area contributed by atoms with E-state index in [0.29, 0.717) is 0 Å². The number of carboxylic acid groups (broad SMARTS) is 3. The zero-order valence-corrected chi connectivity index (χ0v) is 25.3. The maximum Gasteiger partial charge on any atom is 3.00 e. The standard InChI is InChI=1S/3C9H18O2.Sb/c3*1-8(2)6-4-3-5-7-9(10)11;/h3*8H,3-7H2,1-2H3,(H,10,11);/q;;;+3/p-3. The van der Waals surface area contributed by atoms with Crippen LogP contribution in [0.5, 0.6) is 0 Å². The number of hydrogen-bond acceptors (Lipinski definition) is 6. The third kappa shape index (κ3) is 52.9. The molecule has 0 unspecified atom stereocenters. The third-order valence-corrected chi connectivity index (χ3v) is 4.99. The molecule has 2 radical (unpaired) electrons. The van der Waals surface area contributed by atoms with Crippen LogP contribution in [0.15, 0.2) is 0 Å². The van der Waals surface area contributed by atoms with E-state index in [4.69, 9.17) is 0 Å². The first-order valence-corrected chi connectivity index (χ1v) is 13.0. The van der Waals surface area contributed by atoms with Gasteiger partial charge in [-0.05, 0) is 56.3 Å². The van der Waals surface area contributed by atoms with Crippen molar-refractivity contribution in [2.75, 3.05) is 0 Å². The van der Waals surface area contributed by atoms with Crippen LogP contribution in [-0.2, 0) is 14.4 Å². The summed E-state index contributed by atoms with van der Waals surface area (Å²) in [6, 6.07) is 0. The monoisotopic (exact) mass is 592 g/mol. The van der Waals surface area contributed by atoms with Crippen LogP contribution in [0.25, 0.3) is 0 Å². The largest absolute Gasteiger partial charge is 3.00 e. The van der Waals surface area contributed by atoms with Crippen molar-refractivity contribution < 1.29 is 29.7 Å². The van der Waals surface area contributed by atoms with Gasteiger partial charge in [-0.15, -0.1) is 0 Å². The molecule has 0 aromatic rings. The second-order valence-corrected chi connectivity index (χ2v) is 10.1. The summed E-state index contributed by atoms with van der Waals surface area (Å²) in [6.07, 6.45) is 13.1. The quantitative estimate of drug-likeness (QED) is 0.177. The molecule has 0 amide bonds. The maximum absolute atomic E-state index is 9.99. The van der Waals surface area contributed by atoms with Crippen LogP contribution in [0, 0.1) is 17.8 Å². The maximum atomic E-state index is 9.99. The summed E-state index contributed by atoms with van der Waals surface area (Å²) in [7, 11) is 0. The van der Waals surface area contributed by atoms with E-state index in [1.807, 2.05) is 0 Å². The fourth-order valence-electron chi connectivity index (χ4n) is 3.00. The van der Waals surface area contributed by atoms with Gasteiger partial charge in [0, 0.05) is 17.9 Å². The fraction of sp³-hybridized carbons (Fsp3) is 0.889. The Morgan fingerprint density at radius 3 is 0.794 bits per heavy atom. The van der Waals surface area contributed by atoms with Crippen molar-refractivity contribution in [3.63, 3.8) is 0 Å². The molecule has 0 atom stereocenters. The Balaban J connectivity index is -0.000000196. The molecule has 0 aromatic carbocycles. The summed E-state index contributed by atoms with van der Waals surface area (Å²) in [5.41, 5.74) is 0. The number of carbonyl (C=O) groups is 3. The fourth-order valence-corrected chi connectivity index (χ4v) is 3.00. The van der Waals surface area contributed by atoms with Crippen LogP contribution in [0.3, 0.4) is 0 Å². The van der Waals surface area contributed by atoms with Gasteiger partial charge in [-0.25, -0.2) is 0 Å². The molecular formula is C27H51O6Sb. The average molecular weight is 593 g/mol. The molecule has 0 aromatic heterocycles. The Morgan fingerprint density at radius 1 is 0.441 bits per heavy atom. The Morgan fingerprint density at radius 2 is 0.647 bits per heavy atom. The average Bonchev–Trinajstić information content (AvgIpc) is 2.67. The first kappa shape index (κ1) is 40.4. The Labute approximate surface area is 227 Å². The van der Waals surface area contributed by atoms with Gasteiger partial charge in [-0.2, -0.15) is 0 Å². The van der Waals surface area contributed by atoms with Crippen molar-refractivity contribution in [3.8, 4) is 0 Å². The number of carboxylic acids is 3. The van der Waals surface area contributed by atoms with Gasteiger partial charge >= 0.3 is 24.4 Å². The smallest absolute Gasteiger partial charge is 0.550 e. The molecule has 0 saturated heterocycles. The van der Waals surface area contributed by atoms with E-state index in [1.54, 1.807) is 0 Å². The number of carbonyl (C=O) groups excluding carboxylic acids is 3. The summed E-state index contributed by atoms with van der Waals surface area (Å²) < 4.78 is 0. The van der Waals surface area contributed by atoms with Crippen molar-refractivity contribution >= 4 is 42.3 Å². The first-order valence-electron chi connectivity index (χ1n) is 13.0. The van der Waals surface area contributed by atoms with Crippen molar-refractivity contribution in [1.29, 1.82) is 0 Å². The van der Waals surface area contributed by atoms with Gasteiger partial charge < -0.3 is 29.7 Å². The number of aliphatic carboxylic acids is 3. The van der Waals surface area contributed by atoms with Crippen LogP contribution in [0.1, 0.15) is 138 Å². The minimum Gasteiger partial charge on any atom is -0.550 e. The molecule has 0 bridgehead atoms. The zero-order valence-electron chi connectivity index (χ0n) is 22.7. The van der Waals surface area contributed by atoms with E-state index >= 15 is 0 Å². The van der Waals surface area contributed by atoms with Crippen LogP contribution in [-0.4, -0.2) is 42.3 Å². The third-order valence-electron chi connectivity index (χ3n) is 4.99. The van der Waals surface area contributed by atoms with Crippen LogP contribution < -0.4 is 15.3 Å². The van der Waals surface area contributed by atoms with Gasteiger partial charge in [0.2, 0.25) is 0 Å². The van der Waals surface area contributed by atoms with Crippen LogP contribution >= 0.6 is 0 Å². The van der Waals surface area contributed by atoms with Crippen molar-refractivity contribution in [1.82, 2.24) is 0 Å². The zero-order chi connectivity index (χ0) is 26.1. The van der Waals surface area contributed by atoms with Crippen molar-refractivity contribution in [2.45, 2.75) is 138 Å². The minimum absolute atomic E-state index is 0. The summed E-state index contributed by atoms with van der Waals surface area (Å²) in [5, 5.41) is 30.0. The molecule has 34 heavy (non-hydrogen) atoms. The molecule has 0 aliphatic heterocycles. The van der Waals surface area contributed by atoms with E-state index in [2.05, 4.69) is 41.5 Å². The van der Waals surface area contributed by atoms with Gasteiger partial charge in [-0.1, -0.05) is 99.3 Å². The van der Waals surface area contributed by atoms with Gasteiger partial charge in [0.1, 0.15) is 0 Å². The van der Waals surface area contributed by atoms with E-state index in [9.17, 15) is 29.7 Å². The van der Waals surface area contributed by atoms with Crippen LogP contribution in [0.2, 0.25) is 0 Å². The van der Waals surface area contributed by atoms with Gasteiger partial charge in [0.15, 0.2) is 0 Å². The topological polar surface area (TPSA) is 120 Å². The molecule has 0 saturated carbocycles. The first-order chi connectivity index (χ1) is 15.4. The van der Waals surface area contributed by atoms with E-state index in [0.717, 1.165) is 75.5 Å². The molecule has 0 fully saturated rings. The normalized spacial score (nSPS) is 10.1. The summed E-state index contributed by atoms with van der Waals surface area (Å²) in [6.45, 7) is 13.1. The SMILES string of the molecule is CC(C)CCCCCC(=O)[O-].CC(C)CCCCCC(=O)[O-].CC(C)CCCCCC(=O)[O-].[Sb+3]. The molecule has 0 heterocycles. The molecule has 7 heteroatoms. The van der Waals surface area contributed by atoms with E-state index in [-0.39, 0.29) is 43.7 Å². The Bertz CT molecular complexity index is 397. The number of hydrogen-bond donors (Lipinski definition) is 0. The number of unbranched alkanes of at least 4 members (excludes halogenated alkanes) is 6. The second-order valence-electron chi connectivity index (χ2n) is 10.1. The predicted molar refractivity (Wildman–Crippen MR) is 135 cm³/mol. The molecule has 0 aliphatic carbocycles. The molecule has 6 nitrogen and oxygen atoms in total. The van der Waals surface area contributed by atoms with E-state index < -0.39 is 17.9 Å². The molecule has 0 rings (SSSR count). The second kappa shape index (κ2) is 30.3. The Kier molecular flexibility index (Phi) is 36.0. The molecule has 0 spiro atoms. The Hall–Kier alpha value is -0.772. The molecular weight excluding hydrogens is 542 g/mol. The van der Waals surface area contributed by atoms with Crippen molar-refractivity contribution in [2.24, 2.45) is 17.8 Å². The molecule has 0 N–H and O–H groups in total. The summed E-state index contributed by atoms with van der Waals surface area (Å²) in [5.74, 6) is -0.562. The van der Waals surface area contributed by atoms with Crippen molar-refractivity contribution in [3.05, 3.63) is 0 Å². The summed E-state index contributed by atoms with van der Waals surface area (Å²) in [4.78, 5) is 30.0.